The molecule has 0 aliphatic carbocycles. The second-order valence-corrected chi connectivity index (χ2v) is 23.2. The molecule has 0 aliphatic heterocycles. The number of aryl methyl sites for hydroxylation is 1. The summed E-state index contributed by atoms with van der Waals surface area (Å²) < 4.78 is 30.9. The molecule has 0 amide bonds. The van der Waals surface area contributed by atoms with Gasteiger partial charge in [0.05, 0.1) is 0 Å². The number of hydrogen-bond donors (Lipinski definition) is 1. The molecule has 1 aromatic carbocycles. The van der Waals surface area contributed by atoms with Crippen molar-refractivity contribution in [3.8, 4) is 0 Å². The molecule has 0 saturated carbocycles. The van der Waals surface area contributed by atoms with Crippen molar-refractivity contribution >= 4 is 31.8 Å². The van der Waals surface area contributed by atoms with Crippen molar-refractivity contribution in [1.82, 2.24) is 0 Å². The Bertz CT molecular complexity index is 634. The summed E-state index contributed by atoms with van der Waals surface area (Å²) >= 11 is -2.66. The van der Waals surface area contributed by atoms with E-state index in [0.29, 0.717) is 11.3 Å². The molecule has 156 valence electrons. The number of aliphatic hydroxyl groups excluding tert-OH is 1. The molecule has 0 bridgehead atoms. The van der Waals surface area contributed by atoms with Crippen molar-refractivity contribution in [3.63, 3.8) is 0 Å². The van der Waals surface area contributed by atoms with Crippen LogP contribution >= 0.6 is 0 Å². The number of sulfone groups is 1. The predicted molar refractivity (Wildman–Crippen MR) is 119 cm³/mol. The number of benzene rings is 1. The third-order valence-electron chi connectivity index (χ3n) is 5.74. The van der Waals surface area contributed by atoms with Gasteiger partial charge in [-0.2, -0.15) is 0 Å². The first kappa shape index (κ1) is 25.0. The Hall–Kier alpha value is -0.0713. The first-order chi connectivity index (χ1) is 12.9. The fourth-order valence-corrected chi connectivity index (χ4v) is 22.9. The SMILES string of the molecule is CCC[CH2][Sn]([CH2]CCC)([CH2]CCC)[c]1cc(S(=O)(=O)CCCO)ccc1C. The molecular formula is C22H40O3SSn. The summed E-state index contributed by atoms with van der Waals surface area (Å²) in [5.41, 5.74) is 1.30. The maximum atomic E-state index is 12.7. The minimum absolute atomic E-state index is 0.0351. The maximum absolute atomic E-state index is 12.7. The molecule has 0 spiro atoms. The van der Waals surface area contributed by atoms with Crippen LogP contribution in [0.4, 0.5) is 0 Å². The van der Waals surface area contributed by atoms with Crippen LogP contribution in [-0.2, 0) is 9.84 Å². The normalized spacial score (nSPS) is 12.5. The molecule has 5 heteroatoms. The van der Waals surface area contributed by atoms with E-state index in [1.165, 1.54) is 61.0 Å². The van der Waals surface area contributed by atoms with Gasteiger partial charge >= 0.3 is 172 Å². The van der Waals surface area contributed by atoms with E-state index in [2.05, 4.69) is 33.8 Å². The van der Waals surface area contributed by atoms with Gasteiger partial charge in [-0.05, 0) is 0 Å². The van der Waals surface area contributed by atoms with Crippen LogP contribution in [0.3, 0.4) is 0 Å². The summed E-state index contributed by atoms with van der Waals surface area (Å²) in [4.78, 5) is 0.474. The third kappa shape index (κ3) is 7.35. The summed E-state index contributed by atoms with van der Waals surface area (Å²) in [6.07, 6.45) is 7.75. The summed E-state index contributed by atoms with van der Waals surface area (Å²) in [6, 6.07) is 5.87. The average Bonchev–Trinajstić information content (AvgIpc) is 2.66. The van der Waals surface area contributed by atoms with Gasteiger partial charge in [-0.3, -0.25) is 0 Å². The Balaban J connectivity index is 3.42. The van der Waals surface area contributed by atoms with Crippen LogP contribution in [0.5, 0.6) is 0 Å². The molecule has 27 heavy (non-hydrogen) atoms. The van der Waals surface area contributed by atoms with E-state index in [1.807, 2.05) is 6.07 Å². The van der Waals surface area contributed by atoms with Gasteiger partial charge in [0.1, 0.15) is 0 Å². The fraction of sp³-hybridized carbons (Fsp3) is 0.727. The molecule has 0 fully saturated rings. The van der Waals surface area contributed by atoms with Crippen molar-refractivity contribution in [2.75, 3.05) is 12.4 Å². The minimum atomic E-state index is -3.31. The van der Waals surface area contributed by atoms with E-state index in [4.69, 9.17) is 5.11 Å². The van der Waals surface area contributed by atoms with Crippen LogP contribution in [0.1, 0.15) is 71.3 Å². The Morgan fingerprint density at radius 2 is 1.41 bits per heavy atom. The van der Waals surface area contributed by atoms with Gasteiger partial charge in [-0.15, -0.1) is 0 Å². The van der Waals surface area contributed by atoms with Crippen molar-refractivity contribution < 1.29 is 13.5 Å². The van der Waals surface area contributed by atoms with E-state index < -0.39 is 28.2 Å². The molecular weight excluding hydrogens is 463 g/mol. The molecule has 0 radical (unpaired) electrons. The van der Waals surface area contributed by atoms with Gasteiger partial charge in [-0.1, -0.05) is 0 Å². The van der Waals surface area contributed by atoms with Gasteiger partial charge in [0.2, 0.25) is 0 Å². The standard InChI is InChI=1S/C10H13O3S.3C4H9.Sn/c1-9-3-5-10(6-4-9)14(12,13)8-2-7-11;3*1-3-4-2;/h3,5-6,11H,2,7-8H2,1H3;3*1,3-4H2,2H3;. The fourth-order valence-electron chi connectivity index (χ4n) is 4.06. The van der Waals surface area contributed by atoms with Gasteiger partial charge in [-0.25, -0.2) is 0 Å². The van der Waals surface area contributed by atoms with Crippen LogP contribution < -0.4 is 3.58 Å². The number of hydrogen-bond acceptors (Lipinski definition) is 3. The van der Waals surface area contributed by atoms with Crippen LogP contribution in [0.25, 0.3) is 0 Å². The zero-order valence-corrected chi connectivity index (χ0v) is 21.6. The van der Waals surface area contributed by atoms with Gasteiger partial charge in [0.15, 0.2) is 0 Å². The first-order valence-electron chi connectivity index (χ1n) is 10.8. The molecule has 0 saturated heterocycles. The topological polar surface area (TPSA) is 54.4 Å². The summed E-state index contributed by atoms with van der Waals surface area (Å²) in [5.74, 6) is 0.0351. The zero-order chi connectivity index (χ0) is 20.3. The van der Waals surface area contributed by atoms with E-state index in [1.54, 1.807) is 6.07 Å². The Kier molecular flexibility index (Phi) is 11.5. The second kappa shape index (κ2) is 12.5. The molecule has 1 N–H and O–H groups in total. The summed E-state index contributed by atoms with van der Waals surface area (Å²) in [7, 11) is -3.31. The first-order valence-corrected chi connectivity index (χ1v) is 19.9. The number of rotatable bonds is 14. The third-order valence-corrected chi connectivity index (χ3v) is 23.6. The van der Waals surface area contributed by atoms with Gasteiger partial charge < -0.3 is 0 Å². The summed E-state index contributed by atoms with van der Waals surface area (Å²) in [6.45, 7) is 8.89. The van der Waals surface area contributed by atoms with Gasteiger partial charge in [0, 0.05) is 0 Å². The van der Waals surface area contributed by atoms with Crippen LogP contribution in [0.2, 0.25) is 13.3 Å². The van der Waals surface area contributed by atoms with Crippen molar-refractivity contribution in [2.24, 2.45) is 0 Å². The summed E-state index contributed by atoms with van der Waals surface area (Å²) in [5, 5.41) is 9.04. The van der Waals surface area contributed by atoms with E-state index in [-0.39, 0.29) is 12.4 Å². The molecule has 0 aromatic heterocycles. The van der Waals surface area contributed by atoms with Gasteiger partial charge in [0.25, 0.3) is 0 Å². The second-order valence-electron chi connectivity index (χ2n) is 7.96. The van der Waals surface area contributed by atoms with Crippen LogP contribution in [0, 0.1) is 6.92 Å². The molecule has 3 nitrogen and oxygen atoms in total. The van der Waals surface area contributed by atoms with E-state index in [9.17, 15) is 8.42 Å². The van der Waals surface area contributed by atoms with Crippen molar-refractivity contribution in [2.45, 2.75) is 90.8 Å². The molecule has 0 atom stereocenters. The average molecular weight is 503 g/mol. The molecule has 0 aliphatic rings. The number of aliphatic hydroxyl groups is 1. The molecule has 0 unspecified atom stereocenters. The number of unbranched alkanes of at least 4 members (excludes halogenated alkanes) is 3. The van der Waals surface area contributed by atoms with E-state index >= 15 is 0 Å². The Morgan fingerprint density at radius 1 is 0.889 bits per heavy atom. The Morgan fingerprint density at radius 3 is 1.85 bits per heavy atom. The Labute approximate surface area is 171 Å². The van der Waals surface area contributed by atoms with Crippen molar-refractivity contribution in [1.29, 1.82) is 0 Å². The van der Waals surface area contributed by atoms with Crippen LogP contribution in [0.15, 0.2) is 23.1 Å². The van der Waals surface area contributed by atoms with Crippen LogP contribution in [-0.4, -0.2) is 44.3 Å². The van der Waals surface area contributed by atoms with E-state index in [0.717, 1.165) is 0 Å². The quantitative estimate of drug-likeness (QED) is 0.355. The van der Waals surface area contributed by atoms with Crippen molar-refractivity contribution in [3.05, 3.63) is 23.8 Å². The molecule has 0 heterocycles. The monoisotopic (exact) mass is 504 g/mol. The molecule has 1 rings (SSSR count). The predicted octanol–water partition coefficient (Wildman–Crippen LogP) is 5.21. The molecule has 1 aromatic rings. The zero-order valence-electron chi connectivity index (χ0n) is 17.9.